The lowest BCUT2D eigenvalue weighted by Crippen LogP contribution is -2.40. The minimum Gasteiger partial charge on any atom is -0.355 e. The van der Waals surface area contributed by atoms with E-state index in [0.717, 1.165) is 48.6 Å². The van der Waals surface area contributed by atoms with Crippen molar-refractivity contribution in [2.45, 2.75) is 33.2 Å². The minimum absolute atomic E-state index is 0.0616. The van der Waals surface area contributed by atoms with Crippen LogP contribution in [0.15, 0.2) is 60.7 Å². The van der Waals surface area contributed by atoms with E-state index in [9.17, 15) is 4.79 Å². The highest BCUT2D eigenvalue weighted by atomic mass is 16.1. The average molecular weight is 401 g/mol. The summed E-state index contributed by atoms with van der Waals surface area (Å²) in [5.74, 6) is 1.09. The molecule has 0 saturated carbocycles. The van der Waals surface area contributed by atoms with E-state index in [-0.39, 0.29) is 11.8 Å². The number of hydrogen-bond donors (Lipinski definition) is 1. The molecule has 0 radical (unpaired) electrons. The molecule has 0 unspecified atom stereocenters. The Kier molecular flexibility index (Phi) is 6.07. The molecule has 1 N–H and O–H groups in total. The Morgan fingerprint density at radius 3 is 2.13 bits per heavy atom. The average Bonchev–Trinajstić information content (AvgIpc) is 2.79. The van der Waals surface area contributed by atoms with Crippen molar-refractivity contribution in [2.24, 2.45) is 5.92 Å². The summed E-state index contributed by atoms with van der Waals surface area (Å²) in [7, 11) is 0. The van der Waals surface area contributed by atoms with Gasteiger partial charge in [0.05, 0.1) is 5.69 Å². The molecule has 1 aromatic heterocycles. The Hall–Kier alpha value is -3.21. The van der Waals surface area contributed by atoms with Crippen LogP contribution in [0, 0.1) is 19.8 Å². The smallest absolute Gasteiger partial charge is 0.223 e. The van der Waals surface area contributed by atoms with Crippen molar-refractivity contribution in [1.82, 2.24) is 15.5 Å². The number of amides is 1. The standard InChI is InChI=1S/C25H28N4O/c1-18-3-7-20(8-4-18)17-26-25(30)22-13-15-29(16-14-22)24-12-11-23(27-28-24)21-9-5-19(2)6-10-21/h3-12,22H,13-17H2,1-2H3,(H,26,30). The molecule has 5 nitrogen and oxygen atoms in total. The van der Waals surface area contributed by atoms with Gasteiger partial charge in [0.15, 0.2) is 5.82 Å². The third kappa shape index (κ3) is 4.85. The summed E-state index contributed by atoms with van der Waals surface area (Å²) < 4.78 is 0. The largest absolute Gasteiger partial charge is 0.355 e. The van der Waals surface area contributed by atoms with E-state index in [1.165, 1.54) is 11.1 Å². The van der Waals surface area contributed by atoms with Gasteiger partial charge in [-0.05, 0) is 44.4 Å². The van der Waals surface area contributed by atoms with Gasteiger partial charge < -0.3 is 10.2 Å². The molecule has 3 aromatic rings. The van der Waals surface area contributed by atoms with E-state index in [1.807, 2.05) is 12.1 Å². The van der Waals surface area contributed by atoms with Gasteiger partial charge in [-0.1, -0.05) is 59.7 Å². The summed E-state index contributed by atoms with van der Waals surface area (Å²) in [5, 5.41) is 11.9. The molecule has 30 heavy (non-hydrogen) atoms. The number of nitrogens with zero attached hydrogens (tertiary/aromatic N) is 3. The third-order valence-electron chi connectivity index (χ3n) is 5.77. The van der Waals surface area contributed by atoms with E-state index >= 15 is 0 Å². The van der Waals surface area contributed by atoms with Crippen LogP contribution < -0.4 is 10.2 Å². The van der Waals surface area contributed by atoms with E-state index < -0.39 is 0 Å². The molecule has 2 aromatic carbocycles. The molecule has 4 rings (SSSR count). The van der Waals surface area contributed by atoms with Gasteiger partial charge in [-0.3, -0.25) is 4.79 Å². The van der Waals surface area contributed by atoms with Crippen LogP contribution >= 0.6 is 0 Å². The predicted molar refractivity (Wildman–Crippen MR) is 120 cm³/mol. The lowest BCUT2D eigenvalue weighted by Gasteiger charge is -2.31. The molecule has 154 valence electrons. The Morgan fingerprint density at radius 2 is 1.53 bits per heavy atom. The fourth-order valence-corrected chi connectivity index (χ4v) is 3.78. The normalized spacial score (nSPS) is 14.5. The Morgan fingerprint density at radius 1 is 0.900 bits per heavy atom. The second-order valence-corrected chi connectivity index (χ2v) is 8.11. The Labute approximate surface area is 178 Å². The topological polar surface area (TPSA) is 58.1 Å². The van der Waals surface area contributed by atoms with Gasteiger partial charge in [0.1, 0.15) is 0 Å². The van der Waals surface area contributed by atoms with Crippen LogP contribution in [-0.2, 0) is 11.3 Å². The summed E-state index contributed by atoms with van der Waals surface area (Å²) in [6, 6.07) is 20.6. The van der Waals surface area contributed by atoms with Crippen LogP contribution in [0.2, 0.25) is 0 Å². The molecule has 0 atom stereocenters. The highest BCUT2D eigenvalue weighted by Crippen LogP contribution is 2.24. The second-order valence-electron chi connectivity index (χ2n) is 8.11. The zero-order chi connectivity index (χ0) is 20.9. The molecule has 0 bridgehead atoms. The number of rotatable bonds is 5. The molecule has 5 heteroatoms. The number of benzene rings is 2. The minimum atomic E-state index is 0.0616. The van der Waals surface area contributed by atoms with Gasteiger partial charge in [0.2, 0.25) is 5.91 Å². The first kappa shape index (κ1) is 20.1. The molecule has 2 heterocycles. The molecule has 1 fully saturated rings. The third-order valence-corrected chi connectivity index (χ3v) is 5.77. The lowest BCUT2D eigenvalue weighted by molar-refractivity contribution is -0.125. The Bertz CT molecular complexity index is 973. The maximum Gasteiger partial charge on any atom is 0.223 e. The number of aryl methyl sites for hydroxylation is 2. The van der Waals surface area contributed by atoms with E-state index in [4.69, 9.17) is 0 Å². The van der Waals surface area contributed by atoms with Gasteiger partial charge in [-0.25, -0.2) is 0 Å². The molecular formula is C25H28N4O. The van der Waals surface area contributed by atoms with E-state index in [1.54, 1.807) is 0 Å². The van der Waals surface area contributed by atoms with Crippen molar-refractivity contribution in [3.8, 4) is 11.3 Å². The monoisotopic (exact) mass is 400 g/mol. The van der Waals surface area contributed by atoms with Crippen molar-refractivity contribution >= 4 is 11.7 Å². The maximum atomic E-state index is 12.5. The zero-order valence-electron chi connectivity index (χ0n) is 17.6. The molecule has 1 saturated heterocycles. The molecule has 0 spiro atoms. The second kappa shape index (κ2) is 9.08. The van der Waals surface area contributed by atoms with Gasteiger partial charge in [-0.15, -0.1) is 10.2 Å². The lowest BCUT2D eigenvalue weighted by atomic mass is 9.95. The molecule has 1 amide bonds. The van der Waals surface area contributed by atoms with Crippen LogP contribution in [0.25, 0.3) is 11.3 Å². The van der Waals surface area contributed by atoms with Crippen molar-refractivity contribution in [3.05, 3.63) is 77.4 Å². The molecule has 1 aliphatic heterocycles. The summed E-state index contributed by atoms with van der Waals surface area (Å²) in [4.78, 5) is 14.8. The van der Waals surface area contributed by atoms with Crippen molar-refractivity contribution in [1.29, 1.82) is 0 Å². The fourth-order valence-electron chi connectivity index (χ4n) is 3.78. The van der Waals surface area contributed by atoms with Crippen LogP contribution in [0.3, 0.4) is 0 Å². The van der Waals surface area contributed by atoms with Gasteiger partial charge in [-0.2, -0.15) is 0 Å². The summed E-state index contributed by atoms with van der Waals surface area (Å²) in [6.45, 7) is 6.37. The van der Waals surface area contributed by atoms with Crippen LogP contribution in [-0.4, -0.2) is 29.2 Å². The number of piperidine rings is 1. The summed E-state index contributed by atoms with van der Waals surface area (Å²) in [5.41, 5.74) is 5.55. The number of carbonyl (C=O) groups excluding carboxylic acids is 1. The zero-order valence-corrected chi connectivity index (χ0v) is 17.6. The van der Waals surface area contributed by atoms with Crippen LogP contribution in [0.5, 0.6) is 0 Å². The quantitative estimate of drug-likeness (QED) is 0.694. The fraction of sp³-hybridized carbons (Fsp3) is 0.320. The summed E-state index contributed by atoms with van der Waals surface area (Å²) in [6.07, 6.45) is 1.67. The predicted octanol–water partition coefficient (Wildman–Crippen LogP) is 4.29. The summed E-state index contributed by atoms with van der Waals surface area (Å²) >= 11 is 0. The number of hydrogen-bond acceptors (Lipinski definition) is 4. The van der Waals surface area contributed by atoms with Crippen LogP contribution in [0.1, 0.15) is 29.5 Å². The van der Waals surface area contributed by atoms with Crippen molar-refractivity contribution in [3.63, 3.8) is 0 Å². The SMILES string of the molecule is Cc1ccc(CNC(=O)C2CCN(c3ccc(-c4ccc(C)cc4)nn3)CC2)cc1. The number of aromatic nitrogens is 2. The van der Waals surface area contributed by atoms with Gasteiger partial charge >= 0.3 is 0 Å². The molecule has 0 aliphatic carbocycles. The molecular weight excluding hydrogens is 372 g/mol. The number of nitrogens with one attached hydrogen (secondary N) is 1. The van der Waals surface area contributed by atoms with Crippen LogP contribution in [0.4, 0.5) is 5.82 Å². The first-order valence-corrected chi connectivity index (χ1v) is 10.6. The van der Waals surface area contributed by atoms with Crippen molar-refractivity contribution < 1.29 is 4.79 Å². The highest BCUT2D eigenvalue weighted by Gasteiger charge is 2.25. The Balaban J connectivity index is 1.29. The van der Waals surface area contributed by atoms with E-state index in [0.29, 0.717) is 6.54 Å². The number of anilines is 1. The molecule has 1 aliphatic rings. The number of carbonyl (C=O) groups is 1. The van der Waals surface area contributed by atoms with E-state index in [2.05, 4.69) is 82.8 Å². The maximum absolute atomic E-state index is 12.5. The van der Waals surface area contributed by atoms with Gasteiger partial charge in [0.25, 0.3) is 0 Å². The van der Waals surface area contributed by atoms with Crippen molar-refractivity contribution in [2.75, 3.05) is 18.0 Å². The first-order valence-electron chi connectivity index (χ1n) is 10.6. The highest BCUT2D eigenvalue weighted by molar-refractivity contribution is 5.79. The first-order chi connectivity index (χ1) is 14.6. The van der Waals surface area contributed by atoms with Gasteiger partial charge in [0, 0.05) is 31.1 Å².